The van der Waals surface area contributed by atoms with Gasteiger partial charge in [0.15, 0.2) is 5.96 Å². The highest BCUT2D eigenvalue weighted by atomic mass is 16.4. The van der Waals surface area contributed by atoms with Gasteiger partial charge >= 0.3 is 0 Å². The van der Waals surface area contributed by atoms with Gasteiger partial charge in [-0.05, 0) is 6.42 Å². The van der Waals surface area contributed by atoms with Gasteiger partial charge in [0.25, 0.3) is 0 Å². The average Bonchev–Trinajstić information content (AvgIpc) is 2.71. The summed E-state index contributed by atoms with van der Waals surface area (Å²) in [5, 5.41) is 3.00. The predicted octanol–water partition coefficient (Wildman–Crippen LogP) is 1.79. The molecule has 0 aromatic carbocycles. The van der Waals surface area contributed by atoms with Gasteiger partial charge in [0.2, 0.25) is 5.89 Å². The molecule has 0 atom stereocenters. The van der Waals surface area contributed by atoms with E-state index in [0.29, 0.717) is 18.4 Å². The zero-order valence-corrected chi connectivity index (χ0v) is 11.1. The number of hydrogen-bond donors (Lipinski definition) is 2. The topological polar surface area (TPSA) is 76.4 Å². The molecule has 0 aliphatic rings. The number of rotatable bonds is 4. The van der Waals surface area contributed by atoms with Crippen LogP contribution in [0.4, 0.5) is 0 Å². The van der Waals surface area contributed by atoms with Gasteiger partial charge < -0.3 is 15.5 Å². The quantitative estimate of drug-likeness (QED) is 0.619. The molecule has 0 amide bonds. The number of oxazole rings is 1. The largest absolute Gasteiger partial charge is 0.443 e. The van der Waals surface area contributed by atoms with E-state index in [9.17, 15) is 0 Å². The zero-order valence-electron chi connectivity index (χ0n) is 11.1. The Morgan fingerprint density at radius 3 is 2.76 bits per heavy atom. The van der Waals surface area contributed by atoms with Crippen molar-refractivity contribution in [2.24, 2.45) is 10.7 Å². The molecular weight excluding hydrogens is 216 g/mol. The first-order valence-corrected chi connectivity index (χ1v) is 5.92. The maximum Gasteiger partial charge on any atom is 0.216 e. The molecular formula is C12H22N4O. The van der Waals surface area contributed by atoms with Crippen molar-refractivity contribution in [3.05, 3.63) is 17.8 Å². The smallest absolute Gasteiger partial charge is 0.216 e. The molecule has 0 radical (unpaired) electrons. The van der Waals surface area contributed by atoms with E-state index in [0.717, 1.165) is 18.7 Å². The minimum atomic E-state index is -0.0268. The van der Waals surface area contributed by atoms with E-state index in [1.807, 2.05) is 0 Å². The van der Waals surface area contributed by atoms with Gasteiger partial charge in [-0.1, -0.05) is 27.7 Å². The summed E-state index contributed by atoms with van der Waals surface area (Å²) < 4.78 is 5.60. The Balaban J connectivity index is 2.55. The number of aromatic nitrogens is 1. The van der Waals surface area contributed by atoms with E-state index in [1.54, 1.807) is 6.20 Å². The van der Waals surface area contributed by atoms with E-state index in [-0.39, 0.29) is 5.41 Å². The van der Waals surface area contributed by atoms with Crippen LogP contribution in [-0.4, -0.2) is 17.5 Å². The third-order valence-electron chi connectivity index (χ3n) is 2.23. The molecule has 0 saturated carbocycles. The molecule has 0 fully saturated rings. The van der Waals surface area contributed by atoms with Crippen LogP contribution in [0.1, 0.15) is 45.8 Å². The number of nitrogens with one attached hydrogen (secondary N) is 1. The summed E-state index contributed by atoms with van der Waals surface area (Å²) in [5.41, 5.74) is 5.64. The normalized spacial score (nSPS) is 12.8. The van der Waals surface area contributed by atoms with E-state index in [1.165, 1.54) is 0 Å². The molecule has 1 rings (SSSR count). The van der Waals surface area contributed by atoms with Crippen molar-refractivity contribution >= 4 is 5.96 Å². The predicted molar refractivity (Wildman–Crippen MR) is 68.8 cm³/mol. The molecule has 96 valence electrons. The minimum absolute atomic E-state index is 0.0268. The lowest BCUT2D eigenvalue weighted by atomic mass is 9.94. The maximum atomic E-state index is 5.67. The Labute approximate surface area is 103 Å². The third-order valence-corrected chi connectivity index (χ3v) is 2.23. The second-order valence-corrected chi connectivity index (χ2v) is 5.00. The molecule has 1 heterocycles. The minimum Gasteiger partial charge on any atom is -0.443 e. The van der Waals surface area contributed by atoms with Crippen LogP contribution in [0.5, 0.6) is 0 Å². The summed E-state index contributed by atoms with van der Waals surface area (Å²) in [6.07, 6.45) is 2.77. The van der Waals surface area contributed by atoms with Crippen LogP contribution >= 0.6 is 0 Å². The van der Waals surface area contributed by atoms with Crippen LogP contribution in [0, 0.1) is 0 Å². The molecule has 0 spiro atoms. The molecule has 17 heavy (non-hydrogen) atoms. The lowest BCUT2D eigenvalue weighted by molar-refractivity contribution is 0.383. The van der Waals surface area contributed by atoms with Crippen LogP contribution in [0.15, 0.2) is 15.6 Å². The SMILES string of the molecule is CCCNC(N)=NCc1ncc(C(C)(C)C)o1. The summed E-state index contributed by atoms with van der Waals surface area (Å²) in [5.74, 6) is 1.89. The average molecular weight is 238 g/mol. The highest BCUT2D eigenvalue weighted by Crippen LogP contribution is 2.22. The van der Waals surface area contributed by atoms with Crippen molar-refractivity contribution in [3.8, 4) is 0 Å². The molecule has 0 unspecified atom stereocenters. The number of aliphatic imine (C=N–C) groups is 1. The fourth-order valence-corrected chi connectivity index (χ4v) is 1.19. The Kier molecular flexibility index (Phi) is 4.54. The van der Waals surface area contributed by atoms with Gasteiger partial charge in [0.1, 0.15) is 12.3 Å². The van der Waals surface area contributed by atoms with Crippen LogP contribution < -0.4 is 11.1 Å². The van der Waals surface area contributed by atoms with Crippen molar-refractivity contribution in [2.75, 3.05) is 6.54 Å². The Bertz CT molecular complexity index is 376. The fraction of sp³-hybridized carbons (Fsp3) is 0.667. The van der Waals surface area contributed by atoms with E-state index in [2.05, 4.69) is 43.0 Å². The lowest BCUT2D eigenvalue weighted by Gasteiger charge is -2.12. The number of hydrogen-bond acceptors (Lipinski definition) is 3. The molecule has 1 aromatic heterocycles. The molecule has 0 aliphatic heterocycles. The fourth-order valence-electron chi connectivity index (χ4n) is 1.19. The monoisotopic (exact) mass is 238 g/mol. The molecule has 3 N–H and O–H groups in total. The number of nitrogens with zero attached hydrogens (tertiary/aromatic N) is 2. The Morgan fingerprint density at radius 2 is 2.24 bits per heavy atom. The molecule has 5 nitrogen and oxygen atoms in total. The standard InChI is InChI=1S/C12H22N4O/c1-5-6-14-11(13)16-8-10-15-7-9(17-10)12(2,3)4/h7H,5-6,8H2,1-4H3,(H3,13,14,16). The van der Waals surface area contributed by atoms with Gasteiger partial charge in [0, 0.05) is 12.0 Å². The third kappa shape index (κ3) is 4.46. The Hall–Kier alpha value is -1.52. The number of nitrogens with two attached hydrogens (primary N) is 1. The first-order chi connectivity index (χ1) is 7.93. The summed E-state index contributed by atoms with van der Waals surface area (Å²) in [7, 11) is 0. The zero-order chi connectivity index (χ0) is 12.9. The van der Waals surface area contributed by atoms with Crippen molar-refractivity contribution in [3.63, 3.8) is 0 Å². The van der Waals surface area contributed by atoms with E-state index in [4.69, 9.17) is 10.2 Å². The molecule has 0 aliphatic carbocycles. The second-order valence-electron chi connectivity index (χ2n) is 5.00. The van der Waals surface area contributed by atoms with Crippen LogP contribution in [-0.2, 0) is 12.0 Å². The van der Waals surface area contributed by atoms with E-state index >= 15 is 0 Å². The number of guanidine groups is 1. The van der Waals surface area contributed by atoms with Crippen molar-refractivity contribution < 1.29 is 4.42 Å². The summed E-state index contributed by atoms with van der Waals surface area (Å²) >= 11 is 0. The molecule has 1 aromatic rings. The van der Waals surface area contributed by atoms with Crippen LogP contribution in [0.3, 0.4) is 0 Å². The second kappa shape index (κ2) is 5.70. The highest BCUT2D eigenvalue weighted by Gasteiger charge is 2.18. The van der Waals surface area contributed by atoms with Crippen molar-refractivity contribution in [1.82, 2.24) is 10.3 Å². The first-order valence-electron chi connectivity index (χ1n) is 5.92. The van der Waals surface area contributed by atoms with Crippen molar-refractivity contribution in [1.29, 1.82) is 0 Å². The molecule has 0 saturated heterocycles. The van der Waals surface area contributed by atoms with Crippen LogP contribution in [0.25, 0.3) is 0 Å². The Morgan fingerprint density at radius 1 is 1.53 bits per heavy atom. The lowest BCUT2D eigenvalue weighted by Crippen LogP contribution is -2.32. The van der Waals surface area contributed by atoms with Gasteiger partial charge in [-0.2, -0.15) is 0 Å². The van der Waals surface area contributed by atoms with Crippen molar-refractivity contribution in [2.45, 2.75) is 46.1 Å². The van der Waals surface area contributed by atoms with Crippen LogP contribution in [0.2, 0.25) is 0 Å². The summed E-state index contributed by atoms with van der Waals surface area (Å²) in [6, 6.07) is 0. The molecule has 5 heteroatoms. The van der Waals surface area contributed by atoms with Gasteiger partial charge in [-0.25, -0.2) is 9.98 Å². The molecule has 0 bridgehead atoms. The maximum absolute atomic E-state index is 5.67. The summed E-state index contributed by atoms with van der Waals surface area (Å²) in [6.45, 7) is 9.52. The van der Waals surface area contributed by atoms with E-state index < -0.39 is 0 Å². The van der Waals surface area contributed by atoms with Gasteiger partial charge in [-0.3, -0.25) is 0 Å². The van der Waals surface area contributed by atoms with Gasteiger partial charge in [-0.15, -0.1) is 0 Å². The van der Waals surface area contributed by atoms with Gasteiger partial charge in [0.05, 0.1) is 6.20 Å². The highest BCUT2D eigenvalue weighted by molar-refractivity contribution is 5.77. The first kappa shape index (κ1) is 13.5. The summed E-state index contributed by atoms with van der Waals surface area (Å²) in [4.78, 5) is 8.33.